The van der Waals surface area contributed by atoms with Gasteiger partial charge in [-0.1, -0.05) is 56.3 Å². The van der Waals surface area contributed by atoms with Gasteiger partial charge in [-0.15, -0.1) is 0 Å². The molecular formula is C25H34N2O4S. The van der Waals surface area contributed by atoms with Gasteiger partial charge in [0, 0.05) is 19.0 Å². The highest BCUT2D eigenvalue weighted by Crippen LogP contribution is 2.26. The number of piperidine rings is 1. The van der Waals surface area contributed by atoms with Crippen LogP contribution in [0.15, 0.2) is 48.5 Å². The molecule has 0 unspecified atom stereocenters. The second kappa shape index (κ2) is 11.0. The lowest BCUT2D eigenvalue weighted by Crippen LogP contribution is -2.44. The van der Waals surface area contributed by atoms with Gasteiger partial charge in [0.15, 0.2) is 0 Å². The minimum atomic E-state index is -3.39. The van der Waals surface area contributed by atoms with Crippen molar-refractivity contribution in [3.05, 3.63) is 65.2 Å². The number of amides is 1. The number of hydrogen-bond donors (Lipinski definition) is 1. The average molecular weight is 459 g/mol. The summed E-state index contributed by atoms with van der Waals surface area (Å²) in [4.78, 5) is 12.5. The molecule has 0 saturated carbocycles. The summed E-state index contributed by atoms with van der Waals surface area (Å²) in [6, 6.07) is 15.5. The molecule has 1 heterocycles. The summed E-state index contributed by atoms with van der Waals surface area (Å²) in [6.45, 7) is 7.76. The van der Waals surface area contributed by atoms with Gasteiger partial charge in [-0.2, -0.15) is 0 Å². The second-order valence-corrected chi connectivity index (χ2v) is 10.7. The molecule has 0 atom stereocenters. The fourth-order valence-electron chi connectivity index (χ4n) is 4.02. The van der Waals surface area contributed by atoms with Crippen molar-refractivity contribution in [2.45, 2.75) is 45.3 Å². The lowest BCUT2D eigenvalue weighted by Gasteiger charge is -2.30. The van der Waals surface area contributed by atoms with Gasteiger partial charge in [-0.3, -0.25) is 4.79 Å². The Labute approximate surface area is 192 Å². The smallest absolute Gasteiger partial charge is 0.223 e. The maximum atomic E-state index is 12.8. The molecule has 1 N–H and O–H groups in total. The maximum Gasteiger partial charge on any atom is 0.223 e. The van der Waals surface area contributed by atoms with Crippen LogP contribution in [0, 0.1) is 12.8 Å². The molecule has 7 heteroatoms. The fraction of sp³-hybridized carbons (Fsp3) is 0.480. The van der Waals surface area contributed by atoms with Gasteiger partial charge in [0.05, 0.1) is 12.3 Å². The van der Waals surface area contributed by atoms with Crippen molar-refractivity contribution in [3.63, 3.8) is 0 Å². The number of para-hydroxylation sites is 1. The zero-order valence-electron chi connectivity index (χ0n) is 19.2. The number of hydrogen-bond acceptors (Lipinski definition) is 4. The van der Waals surface area contributed by atoms with Crippen molar-refractivity contribution in [2.75, 3.05) is 26.2 Å². The monoisotopic (exact) mass is 458 g/mol. The average Bonchev–Trinajstić information content (AvgIpc) is 2.78. The van der Waals surface area contributed by atoms with Crippen molar-refractivity contribution in [2.24, 2.45) is 5.92 Å². The third kappa shape index (κ3) is 6.33. The molecule has 1 amide bonds. The maximum absolute atomic E-state index is 12.8. The highest BCUT2D eigenvalue weighted by Gasteiger charge is 2.31. The summed E-state index contributed by atoms with van der Waals surface area (Å²) in [5.74, 6) is 1.03. The SMILES string of the molecule is Cc1ccccc1CS(=O)(=O)N1CCC(C(=O)NCCOc2ccccc2C(C)C)CC1. The van der Waals surface area contributed by atoms with Crippen LogP contribution < -0.4 is 10.1 Å². The minimum absolute atomic E-state index is 0.00568. The molecular weight excluding hydrogens is 424 g/mol. The molecule has 0 aromatic heterocycles. The molecule has 0 aliphatic carbocycles. The van der Waals surface area contributed by atoms with Gasteiger partial charge in [0.25, 0.3) is 0 Å². The number of rotatable bonds is 9. The first kappa shape index (κ1) is 24.3. The van der Waals surface area contributed by atoms with E-state index < -0.39 is 10.0 Å². The van der Waals surface area contributed by atoms with Gasteiger partial charge in [0.1, 0.15) is 12.4 Å². The Morgan fingerprint density at radius 2 is 1.75 bits per heavy atom. The molecule has 1 saturated heterocycles. The lowest BCUT2D eigenvalue weighted by atomic mass is 9.97. The first-order valence-electron chi connectivity index (χ1n) is 11.3. The summed E-state index contributed by atoms with van der Waals surface area (Å²) in [6.07, 6.45) is 1.08. The third-order valence-corrected chi connectivity index (χ3v) is 7.84. The molecule has 0 radical (unpaired) electrons. The van der Waals surface area contributed by atoms with Crippen molar-refractivity contribution >= 4 is 15.9 Å². The van der Waals surface area contributed by atoms with E-state index in [0.717, 1.165) is 22.4 Å². The van der Waals surface area contributed by atoms with Crippen LogP contribution in [-0.4, -0.2) is 44.9 Å². The Hall–Kier alpha value is -2.38. The van der Waals surface area contributed by atoms with Gasteiger partial charge in [0.2, 0.25) is 15.9 Å². The number of ether oxygens (including phenoxy) is 1. The predicted octanol–water partition coefficient (Wildman–Crippen LogP) is 3.86. The number of sulfonamides is 1. The zero-order valence-corrected chi connectivity index (χ0v) is 20.0. The van der Waals surface area contributed by atoms with Gasteiger partial charge in [-0.25, -0.2) is 12.7 Å². The highest BCUT2D eigenvalue weighted by molar-refractivity contribution is 7.88. The van der Waals surface area contributed by atoms with Crippen LogP contribution in [0.1, 0.15) is 49.3 Å². The number of carbonyl (C=O) groups excluding carboxylic acids is 1. The minimum Gasteiger partial charge on any atom is -0.491 e. The van der Waals surface area contributed by atoms with E-state index in [1.165, 1.54) is 4.31 Å². The molecule has 32 heavy (non-hydrogen) atoms. The quantitative estimate of drug-likeness (QED) is 0.579. The molecule has 2 aromatic carbocycles. The lowest BCUT2D eigenvalue weighted by molar-refractivity contribution is -0.126. The standard InChI is InChI=1S/C25H34N2O4S/c1-19(2)23-10-6-7-11-24(23)31-17-14-26-25(28)21-12-15-27(16-13-21)32(29,30)18-22-9-5-4-8-20(22)3/h4-11,19,21H,12-18H2,1-3H3,(H,26,28). The van der Waals surface area contributed by atoms with Gasteiger partial charge in [-0.05, 0) is 48.4 Å². The van der Waals surface area contributed by atoms with E-state index in [4.69, 9.17) is 4.74 Å². The number of carbonyl (C=O) groups is 1. The molecule has 1 fully saturated rings. The van der Waals surface area contributed by atoms with Crippen molar-refractivity contribution < 1.29 is 17.9 Å². The molecule has 1 aliphatic rings. The summed E-state index contributed by atoms with van der Waals surface area (Å²) >= 11 is 0. The molecule has 2 aromatic rings. The molecule has 3 rings (SSSR count). The predicted molar refractivity (Wildman–Crippen MR) is 127 cm³/mol. The van der Waals surface area contributed by atoms with E-state index >= 15 is 0 Å². The van der Waals surface area contributed by atoms with E-state index in [1.54, 1.807) is 0 Å². The second-order valence-electron chi connectivity index (χ2n) is 8.69. The highest BCUT2D eigenvalue weighted by atomic mass is 32.2. The van der Waals surface area contributed by atoms with Crippen molar-refractivity contribution in [3.8, 4) is 5.75 Å². The Balaban J connectivity index is 1.43. The Bertz CT molecular complexity index is 1010. The molecule has 0 spiro atoms. The normalized spacial score (nSPS) is 15.6. The number of benzene rings is 2. The topological polar surface area (TPSA) is 75.7 Å². The van der Waals surface area contributed by atoms with Crippen molar-refractivity contribution in [1.82, 2.24) is 9.62 Å². The summed E-state index contributed by atoms with van der Waals surface area (Å²) in [5, 5.41) is 2.94. The van der Waals surface area contributed by atoms with Crippen LogP contribution in [0.3, 0.4) is 0 Å². The van der Waals surface area contributed by atoms with Crippen molar-refractivity contribution in [1.29, 1.82) is 0 Å². The first-order chi connectivity index (χ1) is 15.3. The third-order valence-electron chi connectivity index (χ3n) is 6.02. The van der Waals surface area contributed by atoms with Crippen LogP contribution in [0.4, 0.5) is 0 Å². The molecule has 0 bridgehead atoms. The largest absolute Gasteiger partial charge is 0.491 e. The number of aryl methyl sites for hydroxylation is 1. The Kier molecular flexibility index (Phi) is 8.32. The van der Waals surface area contributed by atoms with E-state index in [9.17, 15) is 13.2 Å². The van der Waals surface area contributed by atoms with Crippen LogP contribution >= 0.6 is 0 Å². The Morgan fingerprint density at radius 3 is 2.44 bits per heavy atom. The van der Waals surface area contributed by atoms with E-state index in [1.807, 2.05) is 49.4 Å². The van der Waals surface area contributed by atoms with E-state index in [-0.39, 0.29) is 17.6 Å². The summed E-state index contributed by atoms with van der Waals surface area (Å²) < 4.78 is 33.0. The van der Waals surface area contributed by atoms with Crippen LogP contribution in [0.2, 0.25) is 0 Å². The summed E-state index contributed by atoms with van der Waals surface area (Å²) in [5.41, 5.74) is 2.95. The zero-order chi connectivity index (χ0) is 23.1. The first-order valence-corrected chi connectivity index (χ1v) is 12.9. The Morgan fingerprint density at radius 1 is 1.09 bits per heavy atom. The van der Waals surface area contributed by atoms with E-state index in [0.29, 0.717) is 45.0 Å². The van der Waals surface area contributed by atoms with Crippen LogP contribution in [0.25, 0.3) is 0 Å². The summed E-state index contributed by atoms with van der Waals surface area (Å²) in [7, 11) is -3.39. The van der Waals surface area contributed by atoms with Gasteiger partial charge < -0.3 is 10.1 Å². The molecule has 6 nitrogen and oxygen atoms in total. The van der Waals surface area contributed by atoms with Gasteiger partial charge >= 0.3 is 0 Å². The molecule has 174 valence electrons. The van der Waals surface area contributed by atoms with E-state index in [2.05, 4.69) is 25.2 Å². The number of nitrogens with zero attached hydrogens (tertiary/aromatic N) is 1. The van der Waals surface area contributed by atoms with Crippen LogP contribution in [-0.2, 0) is 20.6 Å². The number of nitrogens with one attached hydrogen (secondary N) is 1. The fourth-order valence-corrected chi connectivity index (χ4v) is 5.69. The molecule has 1 aliphatic heterocycles. The van der Waals surface area contributed by atoms with Crippen LogP contribution in [0.5, 0.6) is 5.75 Å².